The molecule has 1 aliphatic rings. The number of fused-ring (bicyclic) bond motifs is 1. The summed E-state index contributed by atoms with van der Waals surface area (Å²) >= 11 is 0. The summed E-state index contributed by atoms with van der Waals surface area (Å²) in [5, 5.41) is 1.85. The Kier molecular flexibility index (Phi) is 6.62. The zero-order chi connectivity index (χ0) is 22.8. The van der Waals surface area contributed by atoms with Crippen LogP contribution in [0, 0.1) is 11.3 Å². The number of alkyl halides is 3. The summed E-state index contributed by atoms with van der Waals surface area (Å²) in [6, 6.07) is 13.2. The van der Waals surface area contributed by atoms with Crippen LogP contribution in [0.2, 0.25) is 0 Å². The van der Waals surface area contributed by atoms with Crippen molar-refractivity contribution in [3.63, 3.8) is 0 Å². The van der Waals surface area contributed by atoms with E-state index in [0.717, 1.165) is 15.7 Å². The first kappa shape index (κ1) is 23.1. The minimum atomic E-state index is -4.44. The van der Waals surface area contributed by atoms with Gasteiger partial charge < -0.3 is 9.80 Å². The molecule has 7 heteroatoms. The average molecular weight is 435 g/mol. The fourth-order valence-corrected chi connectivity index (χ4v) is 4.17. The van der Waals surface area contributed by atoms with E-state index >= 15 is 0 Å². The van der Waals surface area contributed by atoms with Crippen molar-refractivity contribution in [1.82, 2.24) is 9.80 Å². The Morgan fingerprint density at radius 3 is 2.19 bits per heavy atom. The largest absolute Gasteiger partial charge is 0.406 e. The number of nitrogens with zero attached hydrogens (tertiary/aromatic N) is 2. The van der Waals surface area contributed by atoms with Crippen molar-refractivity contribution in [3.8, 4) is 0 Å². The number of carbonyl (C=O) groups is 2. The number of piperidine rings is 1. The highest BCUT2D eigenvalue weighted by molar-refractivity contribution is 6.07. The summed E-state index contributed by atoms with van der Waals surface area (Å²) in [6.45, 7) is 4.96. The Bertz CT molecular complexity index is 920. The van der Waals surface area contributed by atoms with Gasteiger partial charge in [-0.1, -0.05) is 57.2 Å². The molecule has 1 fully saturated rings. The number of hydrogen-bond acceptors (Lipinski definition) is 2. The van der Waals surface area contributed by atoms with Gasteiger partial charge >= 0.3 is 6.18 Å². The van der Waals surface area contributed by atoms with Gasteiger partial charge in [0.05, 0.1) is 0 Å². The third kappa shape index (κ3) is 5.99. The van der Waals surface area contributed by atoms with Crippen LogP contribution in [0.15, 0.2) is 42.5 Å². The van der Waals surface area contributed by atoms with Gasteiger partial charge in [0.2, 0.25) is 5.91 Å². The molecule has 3 rings (SSSR count). The molecule has 0 radical (unpaired) electrons. The van der Waals surface area contributed by atoms with Crippen molar-refractivity contribution in [2.45, 2.75) is 39.8 Å². The van der Waals surface area contributed by atoms with Crippen LogP contribution in [0.3, 0.4) is 0 Å². The Hall–Kier alpha value is -2.57. The number of halogens is 3. The van der Waals surface area contributed by atoms with Crippen molar-refractivity contribution < 1.29 is 22.8 Å². The molecule has 2 aromatic rings. The molecule has 2 amide bonds. The number of hydrogen-bond donors (Lipinski definition) is 0. The van der Waals surface area contributed by atoms with E-state index in [4.69, 9.17) is 0 Å². The van der Waals surface area contributed by atoms with E-state index < -0.39 is 30.0 Å². The first-order valence-electron chi connectivity index (χ1n) is 10.6. The predicted octanol–water partition coefficient (Wildman–Crippen LogP) is 5.13. The second-order valence-electron chi connectivity index (χ2n) is 9.46. The van der Waals surface area contributed by atoms with Crippen molar-refractivity contribution in [2.24, 2.45) is 11.3 Å². The molecule has 1 heterocycles. The quantitative estimate of drug-likeness (QED) is 0.670. The van der Waals surface area contributed by atoms with Gasteiger partial charge in [-0.2, -0.15) is 13.2 Å². The van der Waals surface area contributed by atoms with Crippen LogP contribution < -0.4 is 0 Å². The summed E-state index contributed by atoms with van der Waals surface area (Å²) in [5.41, 5.74) is 0.167. The maximum Gasteiger partial charge on any atom is 0.406 e. The highest BCUT2D eigenvalue weighted by atomic mass is 19.4. The minimum Gasteiger partial charge on any atom is -0.339 e. The molecule has 1 aliphatic heterocycles. The molecule has 0 aromatic heterocycles. The molecule has 0 unspecified atom stereocenters. The Morgan fingerprint density at radius 2 is 1.58 bits per heavy atom. The van der Waals surface area contributed by atoms with E-state index in [9.17, 15) is 22.8 Å². The maximum atomic E-state index is 13.1. The molecule has 0 bridgehead atoms. The average Bonchev–Trinajstić information content (AvgIpc) is 2.70. The van der Waals surface area contributed by atoms with Crippen LogP contribution in [-0.4, -0.2) is 54.0 Å². The summed E-state index contributed by atoms with van der Waals surface area (Å²) in [5.74, 6) is -1.07. The molecule has 168 valence electrons. The van der Waals surface area contributed by atoms with E-state index in [1.807, 2.05) is 57.2 Å². The lowest BCUT2D eigenvalue weighted by Gasteiger charge is -2.37. The Morgan fingerprint density at radius 1 is 0.968 bits per heavy atom. The zero-order valence-electron chi connectivity index (χ0n) is 18.2. The number of amides is 2. The zero-order valence-corrected chi connectivity index (χ0v) is 18.2. The third-order valence-electron chi connectivity index (χ3n) is 5.50. The molecular weight excluding hydrogens is 405 g/mol. The van der Waals surface area contributed by atoms with E-state index in [2.05, 4.69) is 0 Å². The SMILES string of the molecule is CC(C)(C)CN(CC(F)(F)F)C(=O)C1CCN(C(=O)c2cccc3ccccc23)CC1. The molecule has 1 saturated heterocycles. The molecule has 0 saturated carbocycles. The highest BCUT2D eigenvalue weighted by Crippen LogP contribution is 2.28. The molecule has 0 N–H and O–H groups in total. The van der Waals surface area contributed by atoms with Crippen LogP contribution in [-0.2, 0) is 4.79 Å². The fourth-order valence-electron chi connectivity index (χ4n) is 4.17. The standard InChI is InChI=1S/C24H29F3N2O2/c1-23(2,3)15-29(16-24(25,26)27)21(30)18-11-13-28(14-12-18)22(31)20-10-6-8-17-7-4-5-9-19(17)20/h4-10,18H,11-16H2,1-3H3. The smallest absolute Gasteiger partial charge is 0.339 e. The van der Waals surface area contributed by atoms with Gasteiger partial charge in [-0.05, 0) is 35.1 Å². The van der Waals surface area contributed by atoms with E-state index in [-0.39, 0.29) is 12.5 Å². The maximum absolute atomic E-state index is 13.1. The van der Waals surface area contributed by atoms with Crippen molar-refractivity contribution in [3.05, 3.63) is 48.0 Å². The highest BCUT2D eigenvalue weighted by Gasteiger charge is 2.38. The molecule has 0 aliphatic carbocycles. The summed E-state index contributed by atoms with van der Waals surface area (Å²) < 4.78 is 39.1. The van der Waals surface area contributed by atoms with Gasteiger partial charge in [0, 0.05) is 31.1 Å². The fraction of sp³-hybridized carbons (Fsp3) is 0.500. The van der Waals surface area contributed by atoms with Gasteiger partial charge in [0.15, 0.2) is 0 Å². The van der Waals surface area contributed by atoms with Gasteiger partial charge in [0.25, 0.3) is 5.91 Å². The lowest BCUT2D eigenvalue weighted by atomic mass is 9.91. The molecule has 0 atom stereocenters. The number of likely N-dealkylation sites (tertiary alicyclic amines) is 1. The summed E-state index contributed by atoms with van der Waals surface area (Å²) in [6.07, 6.45) is -3.70. The topological polar surface area (TPSA) is 40.6 Å². The van der Waals surface area contributed by atoms with Crippen molar-refractivity contribution >= 4 is 22.6 Å². The van der Waals surface area contributed by atoms with Crippen LogP contribution in [0.4, 0.5) is 13.2 Å². The molecular formula is C24H29F3N2O2. The van der Waals surface area contributed by atoms with Crippen LogP contribution >= 0.6 is 0 Å². The summed E-state index contributed by atoms with van der Waals surface area (Å²) in [7, 11) is 0. The van der Waals surface area contributed by atoms with Gasteiger partial charge in [-0.15, -0.1) is 0 Å². The molecule has 0 spiro atoms. The Balaban J connectivity index is 1.68. The normalized spacial score (nSPS) is 15.9. The van der Waals surface area contributed by atoms with E-state index in [1.165, 1.54) is 0 Å². The third-order valence-corrected chi connectivity index (χ3v) is 5.50. The molecule has 4 nitrogen and oxygen atoms in total. The monoisotopic (exact) mass is 434 g/mol. The second-order valence-corrected chi connectivity index (χ2v) is 9.46. The van der Waals surface area contributed by atoms with Crippen LogP contribution in [0.25, 0.3) is 10.8 Å². The van der Waals surface area contributed by atoms with Crippen LogP contribution in [0.1, 0.15) is 44.0 Å². The minimum absolute atomic E-state index is 0.0422. The number of rotatable bonds is 4. The molecule has 31 heavy (non-hydrogen) atoms. The molecule has 2 aromatic carbocycles. The lowest BCUT2D eigenvalue weighted by Crippen LogP contribution is -2.49. The van der Waals surface area contributed by atoms with Crippen molar-refractivity contribution in [2.75, 3.05) is 26.2 Å². The van der Waals surface area contributed by atoms with Gasteiger partial charge in [0.1, 0.15) is 6.54 Å². The van der Waals surface area contributed by atoms with E-state index in [1.54, 1.807) is 11.0 Å². The van der Waals surface area contributed by atoms with Gasteiger partial charge in [-0.3, -0.25) is 9.59 Å². The summed E-state index contributed by atoms with van der Waals surface area (Å²) in [4.78, 5) is 28.6. The number of benzene rings is 2. The first-order valence-corrected chi connectivity index (χ1v) is 10.6. The Labute approximate surface area is 181 Å². The first-order chi connectivity index (χ1) is 14.4. The lowest BCUT2D eigenvalue weighted by molar-refractivity contribution is -0.166. The van der Waals surface area contributed by atoms with Gasteiger partial charge in [-0.25, -0.2) is 0 Å². The van der Waals surface area contributed by atoms with Crippen molar-refractivity contribution in [1.29, 1.82) is 0 Å². The number of carbonyl (C=O) groups excluding carboxylic acids is 2. The predicted molar refractivity (Wildman–Crippen MR) is 115 cm³/mol. The van der Waals surface area contributed by atoms with E-state index in [0.29, 0.717) is 31.5 Å². The van der Waals surface area contributed by atoms with Crippen LogP contribution in [0.5, 0.6) is 0 Å². The second kappa shape index (κ2) is 8.89.